The maximum atomic E-state index is 14.0. The van der Waals surface area contributed by atoms with Crippen molar-refractivity contribution < 1.29 is 19.3 Å². The molecule has 3 amide bonds. The molecule has 1 aliphatic carbocycles. The number of carbonyl (C=O) groups is 3. The monoisotopic (exact) mass is 589 g/mol. The Morgan fingerprint density at radius 2 is 1.64 bits per heavy atom. The summed E-state index contributed by atoms with van der Waals surface area (Å²) >= 11 is 0. The first-order chi connectivity index (χ1) is 21.4. The molecular weight excluding hydrogens is 562 g/mol. The van der Waals surface area contributed by atoms with Crippen LogP contribution in [0.2, 0.25) is 0 Å². The minimum absolute atomic E-state index is 0.00494. The van der Waals surface area contributed by atoms with Crippen LogP contribution >= 0.6 is 0 Å². The van der Waals surface area contributed by atoms with Gasteiger partial charge in [-0.3, -0.25) is 29.5 Å². The van der Waals surface area contributed by atoms with E-state index in [1.807, 2.05) is 60.7 Å². The van der Waals surface area contributed by atoms with Crippen molar-refractivity contribution in [3.63, 3.8) is 0 Å². The van der Waals surface area contributed by atoms with Crippen molar-refractivity contribution in [1.29, 1.82) is 0 Å². The van der Waals surface area contributed by atoms with E-state index in [0.29, 0.717) is 0 Å². The minimum atomic E-state index is -1.11. The third-order valence-electron chi connectivity index (χ3n) is 8.51. The zero-order valence-corrected chi connectivity index (χ0v) is 23.5. The lowest BCUT2D eigenvalue weighted by atomic mass is 9.77. The van der Waals surface area contributed by atoms with Crippen LogP contribution in [0.3, 0.4) is 0 Å². The zero-order chi connectivity index (χ0) is 30.4. The molecule has 12 heteroatoms. The zero-order valence-electron chi connectivity index (χ0n) is 23.5. The van der Waals surface area contributed by atoms with Crippen molar-refractivity contribution in [2.75, 3.05) is 11.4 Å². The molecule has 44 heavy (non-hydrogen) atoms. The van der Waals surface area contributed by atoms with Crippen molar-refractivity contribution in [3.8, 4) is 0 Å². The van der Waals surface area contributed by atoms with Gasteiger partial charge in [-0.15, -0.1) is 0 Å². The van der Waals surface area contributed by atoms with E-state index in [1.165, 1.54) is 34.3 Å². The minimum Gasteiger partial charge on any atom is -0.271 e. The number of carbonyl (C=O) groups excluding carboxylic acids is 3. The van der Waals surface area contributed by atoms with Crippen LogP contribution in [0.1, 0.15) is 36.4 Å². The molecule has 12 nitrogen and oxygen atoms in total. The number of imide groups is 1. The molecule has 3 heterocycles. The summed E-state index contributed by atoms with van der Waals surface area (Å²) in [6.07, 6.45) is 4.83. The molecule has 7 rings (SSSR count). The van der Waals surface area contributed by atoms with E-state index < -0.39 is 28.8 Å². The summed E-state index contributed by atoms with van der Waals surface area (Å²) in [4.78, 5) is 52.1. The molecule has 1 saturated heterocycles. The lowest BCUT2D eigenvalue weighted by molar-refractivity contribution is -0.384. The fraction of sp³-hybridized carbons (Fsp3) is 0.250. The number of hydrogen-bond acceptors (Lipinski definition) is 9. The molecule has 3 aliphatic heterocycles. The highest BCUT2D eigenvalue weighted by molar-refractivity contribution is 6.25. The van der Waals surface area contributed by atoms with E-state index in [1.54, 1.807) is 0 Å². The molecule has 2 fully saturated rings. The normalized spacial score (nSPS) is 25.0. The summed E-state index contributed by atoms with van der Waals surface area (Å²) in [7, 11) is 0. The standard InChI is InChI=1S/C32H27N7O5/c40-26(19-36-30-28(33-35-36)31(41)37(32(30)42)23-14-16-24(17-15-23)39(43)44)38-29(21-10-5-2-6-11-21)25-13-7-12-22(27(25)34-38)18-20-8-3-1-4-9-20/h1-6,8-11,14-18,25,28-30H,7,12-13,19H2/b22-18-. The second kappa shape index (κ2) is 11.0. The molecule has 3 aromatic carbocycles. The van der Waals surface area contributed by atoms with E-state index in [2.05, 4.69) is 16.4 Å². The van der Waals surface area contributed by atoms with E-state index in [9.17, 15) is 24.5 Å². The van der Waals surface area contributed by atoms with Gasteiger partial charge in [-0.05, 0) is 54.2 Å². The fourth-order valence-corrected chi connectivity index (χ4v) is 6.48. The molecule has 1 saturated carbocycles. The summed E-state index contributed by atoms with van der Waals surface area (Å²) in [5.74, 6) is -1.56. The van der Waals surface area contributed by atoms with Gasteiger partial charge < -0.3 is 0 Å². The molecule has 0 radical (unpaired) electrons. The largest absolute Gasteiger partial charge is 0.271 e. The topological polar surface area (TPSA) is 141 Å². The number of hydrogen-bond donors (Lipinski definition) is 0. The lowest BCUT2D eigenvalue weighted by Crippen LogP contribution is -2.45. The number of non-ortho nitro benzene ring substituents is 1. The van der Waals surface area contributed by atoms with Crippen LogP contribution in [-0.4, -0.2) is 57.0 Å². The molecule has 4 atom stereocenters. The maximum Gasteiger partial charge on any atom is 0.269 e. The fourth-order valence-electron chi connectivity index (χ4n) is 6.48. The first kappa shape index (κ1) is 27.3. The quantitative estimate of drug-likeness (QED) is 0.232. The van der Waals surface area contributed by atoms with Gasteiger partial charge in [0.2, 0.25) is 0 Å². The van der Waals surface area contributed by atoms with Crippen LogP contribution in [0.4, 0.5) is 11.4 Å². The Morgan fingerprint density at radius 3 is 2.34 bits per heavy atom. The van der Waals surface area contributed by atoms with Crippen molar-refractivity contribution in [3.05, 3.63) is 112 Å². The predicted octanol–water partition coefficient (Wildman–Crippen LogP) is 4.71. The number of fused-ring (bicyclic) bond motifs is 2. The average molecular weight is 590 g/mol. The van der Waals surface area contributed by atoms with Crippen LogP contribution in [0, 0.1) is 16.0 Å². The van der Waals surface area contributed by atoms with Gasteiger partial charge in [0.25, 0.3) is 23.4 Å². The van der Waals surface area contributed by atoms with Crippen LogP contribution in [0.5, 0.6) is 0 Å². The molecular formula is C32H27N7O5. The Hall–Kier alpha value is -5.52. The van der Waals surface area contributed by atoms with Gasteiger partial charge in [0, 0.05) is 18.1 Å². The highest BCUT2D eigenvalue weighted by Gasteiger charge is 2.55. The second-order valence-electron chi connectivity index (χ2n) is 11.1. The van der Waals surface area contributed by atoms with Crippen LogP contribution < -0.4 is 4.90 Å². The van der Waals surface area contributed by atoms with Gasteiger partial charge in [0.05, 0.1) is 22.4 Å². The number of anilines is 1. The number of amides is 3. The SMILES string of the molecule is O=C1C2N=NN(CC(=O)N3N=C4/C(=C\c5ccccc5)CCCC4C3c3ccccc3)C2C(=O)N1c1ccc([N+](=O)[O-])cc1. The average Bonchev–Trinajstić information content (AvgIpc) is 3.71. The van der Waals surface area contributed by atoms with Gasteiger partial charge in [0.15, 0.2) is 12.1 Å². The van der Waals surface area contributed by atoms with E-state index in [-0.39, 0.29) is 35.8 Å². The van der Waals surface area contributed by atoms with Crippen LogP contribution in [-0.2, 0) is 14.4 Å². The maximum absolute atomic E-state index is 14.0. The number of nitro benzene ring substituents is 1. The molecule has 0 bridgehead atoms. The summed E-state index contributed by atoms with van der Waals surface area (Å²) < 4.78 is 0. The molecule has 0 aromatic heterocycles. The van der Waals surface area contributed by atoms with Crippen LogP contribution in [0.15, 0.2) is 106 Å². The number of allylic oxidation sites excluding steroid dienone is 1. The molecule has 4 unspecified atom stereocenters. The molecule has 0 N–H and O–H groups in total. The van der Waals surface area contributed by atoms with Gasteiger partial charge in [0.1, 0.15) is 6.54 Å². The van der Waals surface area contributed by atoms with E-state index in [0.717, 1.165) is 46.6 Å². The summed E-state index contributed by atoms with van der Waals surface area (Å²) in [6, 6.07) is 22.4. The first-order valence-electron chi connectivity index (χ1n) is 14.4. The Kier molecular flexibility index (Phi) is 6.80. The number of nitrogens with zero attached hydrogens (tertiary/aromatic N) is 7. The summed E-state index contributed by atoms with van der Waals surface area (Å²) in [5.41, 5.74) is 4.04. The first-order valence-corrected chi connectivity index (χ1v) is 14.4. The Morgan fingerprint density at radius 1 is 0.932 bits per heavy atom. The molecule has 4 aliphatic rings. The van der Waals surface area contributed by atoms with Gasteiger partial charge in [-0.25, -0.2) is 9.91 Å². The lowest BCUT2D eigenvalue weighted by Gasteiger charge is -2.30. The second-order valence-corrected chi connectivity index (χ2v) is 11.1. The highest BCUT2D eigenvalue weighted by Crippen LogP contribution is 2.44. The Labute approximate surface area is 252 Å². The van der Waals surface area contributed by atoms with Gasteiger partial charge in [-0.1, -0.05) is 65.9 Å². The van der Waals surface area contributed by atoms with Gasteiger partial charge in [-0.2, -0.15) is 10.2 Å². The van der Waals surface area contributed by atoms with Crippen molar-refractivity contribution in [2.24, 2.45) is 21.4 Å². The number of nitro groups is 1. The van der Waals surface area contributed by atoms with Crippen LogP contribution in [0.25, 0.3) is 6.08 Å². The molecule has 3 aromatic rings. The number of hydrazone groups is 1. The van der Waals surface area contributed by atoms with Crippen molar-refractivity contribution >= 4 is 40.9 Å². The third-order valence-corrected chi connectivity index (χ3v) is 8.51. The summed E-state index contributed by atoms with van der Waals surface area (Å²) in [5, 5.41) is 26.8. The predicted molar refractivity (Wildman–Crippen MR) is 160 cm³/mol. The molecule has 220 valence electrons. The summed E-state index contributed by atoms with van der Waals surface area (Å²) in [6.45, 7) is -0.303. The third kappa shape index (κ3) is 4.64. The number of rotatable bonds is 6. The number of benzene rings is 3. The Bertz CT molecular complexity index is 1740. The van der Waals surface area contributed by atoms with Crippen molar-refractivity contribution in [2.45, 2.75) is 37.4 Å². The highest BCUT2D eigenvalue weighted by atomic mass is 16.6. The van der Waals surface area contributed by atoms with E-state index >= 15 is 0 Å². The molecule has 0 spiro atoms. The smallest absolute Gasteiger partial charge is 0.269 e. The Balaban J connectivity index is 1.16. The van der Waals surface area contributed by atoms with Crippen molar-refractivity contribution in [1.82, 2.24) is 10.0 Å². The van der Waals surface area contributed by atoms with Gasteiger partial charge >= 0.3 is 0 Å². The van der Waals surface area contributed by atoms with E-state index in [4.69, 9.17) is 5.10 Å².